The third-order valence-electron chi connectivity index (χ3n) is 5.03. The fourth-order valence-corrected chi connectivity index (χ4v) is 3.65. The molecule has 0 unspecified atom stereocenters. The van der Waals surface area contributed by atoms with Gasteiger partial charge in [-0.05, 0) is 63.0 Å². The molecule has 1 atom stereocenters. The molecule has 0 radical (unpaired) electrons. The number of rotatable bonds is 7. The van der Waals surface area contributed by atoms with E-state index in [1.807, 2.05) is 43.3 Å². The Bertz CT molecular complexity index is 827. The van der Waals surface area contributed by atoms with Crippen LogP contribution in [0.3, 0.4) is 0 Å². The van der Waals surface area contributed by atoms with E-state index in [0.29, 0.717) is 5.92 Å². The number of para-hydroxylation sites is 2. The van der Waals surface area contributed by atoms with Gasteiger partial charge in [0.2, 0.25) is 0 Å². The maximum Gasteiger partial charge on any atom is 0.195 e. The van der Waals surface area contributed by atoms with Gasteiger partial charge in [-0.2, -0.15) is 0 Å². The van der Waals surface area contributed by atoms with Crippen molar-refractivity contribution in [3.05, 3.63) is 54.0 Å². The minimum atomic E-state index is 0.696. The quantitative estimate of drug-likeness (QED) is 0.700. The van der Waals surface area contributed by atoms with Gasteiger partial charge in [0.1, 0.15) is 11.3 Å². The highest BCUT2D eigenvalue weighted by molar-refractivity contribution is 5.72. The second kappa shape index (κ2) is 7.87. The minimum absolute atomic E-state index is 0.696. The molecule has 1 fully saturated rings. The van der Waals surface area contributed by atoms with Crippen LogP contribution >= 0.6 is 0 Å². The summed E-state index contributed by atoms with van der Waals surface area (Å²) in [5.74, 6) is 2.54. The van der Waals surface area contributed by atoms with Crippen LogP contribution in [0, 0.1) is 12.8 Å². The SMILES string of the molecule is Cc1cccc(NC[C@@H]2CCN(CCCc3nc4ccccc4o3)C2)n1. The van der Waals surface area contributed by atoms with Gasteiger partial charge in [0.05, 0.1) is 0 Å². The van der Waals surface area contributed by atoms with Gasteiger partial charge < -0.3 is 14.6 Å². The Morgan fingerprint density at radius 1 is 1.15 bits per heavy atom. The van der Waals surface area contributed by atoms with Gasteiger partial charge in [0.25, 0.3) is 0 Å². The van der Waals surface area contributed by atoms with Gasteiger partial charge in [-0.1, -0.05) is 18.2 Å². The lowest BCUT2D eigenvalue weighted by atomic mass is 10.1. The molecule has 5 nitrogen and oxygen atoms in total. The zero-order chi connectivity index (χ0) is 17.8. The summed E-state index contributed by atoms with van der Waals surface area (Å²) >= 11 is 0. The van der Waals surface area contributed by atoms with E-state index in [9.17, 15) is 0 Å². The standard InChI is InChI=1S/C21H26N4O/c1-16-6-4-9-20(23-16)22-14-17-11-13-25(15-17)12-5-10-21-24-18-7-2-3-8-19(18)26-21/h2-4,6-9,17H,5,10-15H2,1H3,(H,22,23)/t17-/m0/s1. The molecule has 3 aromatic rings. The Kier molecular flexibility index (Phi) is 5.16. The zero-order valence-electron chi connectivity index (χ0n) is 15.3. The molecule has 5 heteroatoms. The predicted molar refractivity (Wildman–Crippen MR) is 104 cm³/mol. The van der Waals surface area contributed by atoms with E-state index >= 15 is 0 Å². The Balaban J connectivity index is 1.19. The molecule has 1 aliphatic heterocycles. The van der Waals surface area contributed by atoms with Crippen LogP contribution in [-0.2, 0) is 6.42 Å². The van der Waals surface area contributed by atoms with Crippen molar-refractivity contribution in [2.75, 3.05) is 31.5 Å². The summed E-state index contributed by atoms with van der Waals surface area (Å²) in [5.41, 5.74) is 2.90. The molecule has 26 heavy (non-hydrogen) atoms. The molecular formula is C21H26N4O. The fraction of sp³-hybridized carbons (Fsp3) is 0.429. The number of aromatic nitrogens is 2. The van der Waals surface area contributed by atoms with Crippen molar-refractivity contribution in [3.8, 4) is 0 Å². The maximum absolute atomic E-state index is 5.80. The summed E-state index contributed by atoms with van der Waals surface area (Å²) in [4.78, 5) is 11.6. The van der Waals surface area contributed by atoms with Crippen LogP contribution < -0.4 is 5.32 Å². The van der Waals surface area contributed by atoms with Crippen molar-refractivity contribution in [2.24, 2.45) is 5.92 Å². The first-order valence-corrected chi connectivity index (χ1v) is 9.50. The number of nitrogens with zero attached hydrogens (tertiary/aromatic N) is 3. The van der Waals surface area contributed by atoms with Crippen LogP contribution in [0.25, 0.3) is 11.1 Å². The van der Waals surface area contributed by atoms with Gasteiger partial charge in [-0.25, -0.2) is 9.97 Å². The Labute approximate surface area is 154 Å². The molecule has 0 amide bonds. The summed E-state index contributed by atoms with van der Waals surface area (Å²) in [6.45, 7) is 6.48. The van der Waals surface area contributed by atoms with Crippen molar-refractivity contribution in [2.45, 2.75) is 26.2 Å². The summed E-state index contributed by atoms with van der Waals surface area (Å²) in [6, 6.07) is 14.1. The number of fused-ring (bicyclic) bond motifs is 1. The molecule has 1 aromatic carbocycles. The second-order valence-electron chi connectivity index (χ2n) is 7.18. The molecule has 4 rings (SSSR count). The molecule has 136 valence electrons. The van der Waals surface area contributed by atoms with E-state index in [4.69, 9.17) is 4.42 Å². The lowest BCUT2D eigenvalue weighted by Gasteiger charge is -2.16. The predicted octanol–water partition coefficient (Wildman–Crippen LogP) is 3.90. The van der Waals surface area contributed by atoms with Gasteiger partial charge in [-0.15, -0.1) is 0 Å². The number of benzene rings is 1. The minimum Gasteiger partial charge on any atom is -0.441 e. The van der Waals surface area contributed by atoms with Crippen molar-refractivity contribution in [3.63, 3.8) is 0 Å². The fourth-order valence-electron chi connectivity index (χ4n) is 3.65. The average Bonchev–Trinajstić information content (AvgIpc) is 3.26. The highest BCUT2D eigenvalue weighted by Crippen LogP contribution is 2.19. The van der Waals surface area contributed by atoms with Crippen molar-refractivity contribution < 1.29 is 4.42 Å². The van der Waals surface area contributed by atoms with Crippen molar-refractivity contribution in [1.82, 2.24) is 14.9 Å². The molecular weight excluding hydrogens is 324 g/mol. The van der Waals surface area contributed by atoms with E-state index in [-0.39, 0.29) is 0 Å². The van der Waals surface area contributed by atoms with E-state index in [1.165, 1.54) is 13.0 Å². The maximum atomic E-state index is 5.80. The normalized spacial score (nSPS) is 17.8. The van der Waals surface area contributed by atoms with Gasteiger partial charge >= 0.3 is 0 Å². The van der Waals surface area contributed by atoms with Crippen molar-refractivity contribution in [1.29, 1.82) is 0 Å². The Hall–Kier alpha value is -2.40. The van der Waals surface area contributed by atoms with Crippen LogP contribution in [0.1, 0.15) is 24.4 Å². The van der Waals surface area contributed by atoms with Crippen LogP contribution in [0.2, 0.25) is 0 Å². The second-order valence-corrected chi connectivity index (χ2v) is 7.18. The molecule has 1 saturated heterocycles. The first kappa shape index (κ1) is 17.0. The molecule has 2 aromatic heterocycles. The van der Waals surface area contributed by atoms with Crippen LogP contribution in [0.4, 0.5) is 5.82 Å². The number of likely N-dealkylation sites (tertiary alicyclic amines) is 1. The number of aryl methyl sites for hydroxylation is 2. The van der Waals surface area contributed by atoms with Gasteiger partial charge in [0.15, 0.2) is 11.5 Å². The molecule has 3 heterocycles. The van der Waals surface area contributed by atoms with Crippen LogP contribution in [-0.4, -0.2) is 41.0 Å². The highest BCUT2D eigenvalue weighted by atomic mass is 16.3. The summed E-state index contributed by atoms with van der Waals surface area (Å²) in [6.07, 6.45) is 3.25. The molecule has 0 bridgehead atoms. The number of anilines is 1. The monoisotopic (exact) mass is 350 g/mol. The summed E-state index contributed by atoms with van der Waals surface area (Å²) in [7, 11) is 0. The Morgan fingerprint density at radius 3 is 2.96 bits per heavy atom. The Morgan fingerprint density at radius 2 is 2.08 bits per heavy atom. The lowest BCUT2D eigenvalue weighted by molar-refractivity contribution is 0.317. The third-order valence-corrected chi connectivity index (χ3v) is 5.03. The van der Waals surface area contributed by atoms with Gasteiger partial charge in [0, 0.05) is 25.2 Å². The number of hydrogen-bond donors (Lipinski definition) is 1. The molecule has 1 N–H and O–H groups in total. The largest absolute Gasteiger partial charge is 0.441 e. The summed E-state index contributed by atoms with van der Waals surface area (Å²) in [5, 5.41) is 3.48. The highest BCUT2D eigenvalue weighted by Gasteiger charge is 2.22. The number of nitrogens with one attached hydrogen (secondary N) is 1. The summed E-state index contributed by atoms with van der Waals surface area (Å²) < 4.78 is 5.80. The van der Waals surface area contributed by atoms with Crippen LogP contribution in [0.15, 0.2) is 46.9 Å². The third kappa shape index (κ3) is 4.22. The van der Waals surface area contributed by atoms with Gasteiger partial charge in [-0.3, -0.25) is 0 Å². The molecule has 0 saturated carbocycles. The topological polar surface area (TPSA) is 54.2 Å². The smallest absolute Gasteiger partial charge is 0.195 e. The van der Waals surface area contributed by atoms with E-state index in [2.05, 4.69) is 26.3 Å². The molecule has 0 aliphatic carbocycles. The number of pyridine rings is 1. The van der Waals surface area contributed by atoms with E-state index < -0.39 is 0 Å². The van der Waals surface area contributed by atoms with Crippen LogP contribution in [0.5, 0.6) is 0 Å². The zero-order valence-corrected chi connectivity index (χ0v) is 15.3. The van der Waals surface area contributed by atoms with E-state index in [0.717, 1.165) is 61.0 Å². The van der Waals surface area contributed by atoms with Crippen molar-refractivity contribution >= 4 is 16.9 Å². The van der Waals surface area contributed by atoms with E-state index in [1.54, 1.807) is 0 Å². The number of oxazole rings is 1. The average molecular weight is 350 g/mol. The molecule has 0 spiro atoms. The number of hydrogen-bond acceptors (Lipinski definition) is 5. The lowest BCUT2D eigenvalue weighted by Crippen LogP contribution is -2.24. The first-order chi connectivity index (χ1) is 12.8. The first-order valence-electron chi connectivity index (χ1n) is 9.50. The molecule has 1 aliphatic rings.